The van der Waals surface area contributed by atoms with Gasteiger partial charge in [0.15, 0.2) is 0 Å². The van der Waals surface area contributed by atoms with Crippen LogP contribution in [0, 0.1) is 11.8 Å². The van der Waals surface area contributed by atoms with Crippen LogP contribution in [-0.4, -0.2) is 11.9 Å². The van der Waals surface area contributed by atoms with Gasteiger partial charge in [-0.3, -0.25) is 4.79 Å². The second-order valence-electron chi connectivity index (χ2n) is 5.59. The van der Waals surface area contributed by atoms with Crippen LogP contribution in [0.1, 0.15) is 49.0 Å². The molecule has 3 N–H and O–H groups in total. The molecule has 1 amide bonds. The first-order valence-electron chi connectivity index (χ1n) is 7.25. The molecule has 3 unspecified atom stereocenters. The molecule has 3 atom stereocenters. The Balaban J connectivity index is 2.01. The number of carbonyl (C=O) groups excluding carboxylic acids is 1. The summed E-state index contributed by atoms with van der Waals surface area (Å²) >= 11 is 0. The summed E-state index contributed by atoms with van der Waals surface area (Å²) in [7, 11) is 0. The molecule has 104 valence electrons. The zero-order valence-electron chi connectivity index (χ0n) is 11.9. The molecule has 3 heteroatoms. The predicted octanol–water partition coefficient (Wildman–Crippen LogP) is 2.70. The fraction of sp³-hybridized carbons (Fsp3) is 0.562. The third kappa shape index (κ3) is 3.16. The highest BCUT2D eigenvalue weighted by Gasteiger charge is 2.32. The third-order valence-electron chi connectivity index (χ3n) is 4.49. The number of hydrogen-bond acceptors (Lipinski definition) is 2. The lowest BCUT2D eigenvalue weighted by Gasteiger charge is -2.21. The molecule has 0 aliphatic heterocycles. The van der Waals surface area contributed by atoms with Crippen molar-refractivity contribution in [3.8, 4) is 0 Å². The van der Waals surface area contributed by atoms with E-state index in [4.69, 9.17) is 5.73 Å². The summed E-state index contributed by atoms with van der Waals surface area (Å²) in [5.41, 5.74) is 7.33. The zero-order chi connectivity index (χ0) is 13.8. The Labute approximate surface area is 115 Å². The minimum Gasteiger partial charge on any atom is -0.349 e. The molecular formula is C16H24N2O. The van der Waals surface area contributed by atoms with E-state index in [1.165, 1.54) is 12.8 Å². The molecule has 0 saturated heterocycles. The van der Waals surface area contributed by atoms with Crippen LogP contribution >= 0.6 is 0 Å². The average molecular weight is 260 g/mol. The van der Waals surface area contributed by atoms with Gasteiger partial charge in [-0.2, -0.15) is 0 Å². The molecular weight excluding hydrogens is 236 g/mol. The maximum absolute atomic E-state index is 12.3. The van der Waals surface area contributed by atoms with Gasteiger partial charge in [0.2, 0.25) is 0 Å². The van der Waals surface area contributed by atoms with Crippen molar-refractivity contribution in [2.75, 3.05) is 0 Å². The molecule has 0 radical (unpaired) electrons. The Hall–Kier alpha value is -1.35. The molecule has 0 aromatic heterocycles. The van der Waals surface area contributed by atoms with Crippen LogP contribution in [0.5, 0.6) is 0 Å². The standard InChI is InChI=1S/C16H24N2O/c1-3-13-7-8-15(11(13)2)18-16(19)14-6-4-5-12(9-14)10-17/h4-6,9,11,13,15H,3,7-8,10,17H2,1-2H3,(H,18,19). The first kappa shape index (κ1) is 14.1. The van der Waals surface area contributed by atoms with Crippen molar-refractivity contribution in [3.63, 3.8) is 0 Å². The number of carbonyl (C=O) groups is 1. The van der Waals surface area contributed by atoms with Crippen molar-refractivity contribution in [2.24, 2.45) is 17.6 Å². The molecule has 19 heavy (non-hydrogen) atoms. The molecule has 3 nitrogen and oxygen atoms in total. The van der Waals surface area contributed by atoms with E-state index < -0.39 is 0 Å². The SMILES string of the molecule is CCC1CCC(NC(=O)c2cccc(CN)c2)C1C. The van der Waals surface area contributed by atoms with Gasteiger partial charge >= 0.3 is 0 Å². The largest absolute Gasteiger partial charge is 0.349 e. The van der Waals surface area contributed by atoms with Crippen molar-refractivity contribution in [1.82, 2.24) is 5.32 Å². The molecule has 1 aromatic rings. The van der Waals surface area contributed by atoms with Gasteiger partial charge in [0.05, 0.1) is 0 Å². The smallest absolute Gasteiger partial charge is 0.251 e. The number of nitrogens with two attached hydrogens (primary N) is 1. The second-order valence-corrected chi connectivity index (χ2v) is 5.59. The van der Waals surface area contributed by atoms with Crippen molar-refractivity contribution < 1.29 is 4.79 Å². The quantitative estimate of drug-likeness (QED) is 0.874. The number of amides is 1. The van der Waals surface area contributed by atoms with E-state index >= 15 is 0 Å². The van der Waals surface area contributed by atoms with Gasteiger partial charge in [0, 0.05) is 18.2 Å². The average Bonchev–Trinajstić information content (AvgIpc) is 2.79. The lowest BCUT2D eigenvalue weighted by molar-refractivity contribution is 0.0926. The molecule has 1 aliphatic carbocycles. The molecule has 1 saturated carbocycles. The first-order valence-corrected chi connectivity index (χ1v) is 7.25. The van der Waals surface area contributed by atoms with Crippen molar-refractivity contribution >= 4 is 5.91 Å². The molecule has 0 spiro atoms. The topological polar surface area (TPSA) is 55.1 Å². The fourth-order valence-electron chi connectivity index (χ4n) is 3.12. The van der Waals surface area contributed by atoms with Gasteiger partial charge in [0.1, 0.15) is 0 Å². The van der Waals surface area contributed by atoms with E-state index in [-0.39, 0.29) is 5.91 Å². The number of benzene rings is 1. The highest BCUT2D eigenvalue weighted by Crippen LogP contribution is 2.33. The van der Waals surface area contributed by atoms with Crippen molar-refractivity contribution in [1.29, 1.82) is 0 Å². The van der Waals surface area contributed by atoms with Gasteiger partial charge < -0.3 is 11.1 Å². The zero-order valence-corrected chi connectivity index (χ0v) is 11.9. The summed E-state index contributed by atoms with van der Waals surface area (Å²) in [4.78, 5) is 12.3. The Bertz CT molecular complexity index is 444. The van der Waals surface area contributed by atoms with E-state index in [1.807, 2.05) is 24.3 Å². The fourth-order valence-corrected chi connectivity index (χ4v) is 3.12. The van der Waals surface area contributed by atoms with Crippen LogP contribution in [0.4, 0.5) is 0 Å². The summed E-state index contributed by atoms with van der Waals surface area (Å²) in [6.45, 7) is 4.96. The van der Waals surface area contributed by atoms with Crippen LogP contribution in [0.3, 0.4) is 0 Å². The summed E-state index contributed by atoms with van der Waals surface area (Å²) in [6, 6.07) is 7.89. The van der Waals surface area contributed by atoms with Crippen LogP contribution in [0.2, 0.25) is 0 Å². The van der Waals surface area contributed by atoms with Crippen molar-refractivity contribution in [2.45, 2.75) is 45.7 Å². The summed E-state index contributed by atoms with van der Waals surface area (Å²) < 4.78 is 0. The van der Waals surface area contributed by atoms with Gasteiger partial charge in [-0.05, 0) is 42.4 Å². The molecule has 1 aliphatic rings. The lowest BCUT2D eigenvalue weighted by atomic mass is 9.93. The normalized spacial score (nSPS) is 26.4. The van der Waals surface area contributed by atoms with E-state index in [1.54, 1.807) is 0 Å². The Kier molecular flexibility index (Phi) is 4.59. The van der Waals surface area contributed by atoms with Crippen LogP contribution in [0.25, 0.3) is 0 Å². The molecule has 0 heterocycles. The van der Waals surface area contributed by atoms with Gasteiger partial charge in [-0.15, -0.1) is 0 Å². The van der Waals surface area contributed by atoms with Crippen molar-refractivity contribution in [3.05, 3.63) is 35.4 Å². The molecule has 2 rings (SSSR count). The van der Waals surface area contributed by atoms with Crippen LogP contribution in [0.15, 0.2) is 24.3 Å². The highest BCUT2D eigenvalue weighted by molar-refractivity contribution is 5.94. The van der Waals surface area contributed by atoms with E-state index in [9.17, 15) is 4.79 Å². The summed E-state index contributed by atoms with van der Waals surface area (Å²) in [5, 5.41) is 3.18. The monoisotopic (exact) mass is 260 g/mol. The van der Waals surface area contributed by atoms with E-state index in [2.05, 4.69) is 19.2 Å². The minimum absolute atomic E-state index is 0.0314. The Morgan fingerprint density at radius 1 is 1.42 bits per heavy atom. The summed E-state index contributed by atoms with van der Waals surface area (Å²) in [6.07, 6.45) is 3.53. The van der Waals surface area contributed by atoms with Crippen LogP contribution in [-0.2, 0) is 6.54 Å². The van der Waals surface area contributed by atoms with Crippen LogP contribution < -0.4 is 11.1 Å². The maximum atomic E-state index is 12.3. The maximum Gasteiger partial charge on any atom is 0.251 e. The second kappa shape index (κ2) is 6.20. The molecule has 1 aromatic carbocycles. The predicted molar refractivity (Wildman–Crippen MR) is 77.8 cm³/mol. The highest BCUT2D eigenvalue weighted by atomic mass is 16.1. The van der Waals surface area contributed by atoms with Gasteiger partial charge in [-0.25, -0.2) is 0 Å². The van der Waals surface area contributed by atoms with E-state index in [0.717, 1.165) is 23.5 Å². The Morgan fingerprint density at radius 2 is 2.21 bits per heavy atom. The minimum atomic E-state index is 0.0314. The third-order valence-corrected chi connectivity index (χ3v) is 4.49. The van der Waals surface area contributed by atoms with E-state index in [0.29, 0.717) is 18.5 Å². The number of nitrogens with one attached hydrogen (secondary N) is 1. The first-order chi connectivity index (χ1) is 9.15. The Morgan fingerprint density at radius 3 is 2.84 bits per heavy atom. The lowest BCUT2D eigenvalue weighted by Crippen LogP contribution is -2.37. The molecule has 0 bridgehead atoms. The molecule has 1 fully saturated rings. The summed E-state index contributed by atoms with van der Waals surface area (Å²) in [5.74, 6) is 1.36. The van der Waals surface area contributed by atoms with Gasteiger partial charge in [0.25, 0.3) is 5.91 Å². The van der Waals surface area contributed by atoms with Gasteiger partial charge in [-0.1, -0.05) is 32.4 Å². The number of hydrogen-bond donors (Lipinski definition) is 2. The number of rotatable bonds is 4.